The van der Waals surface area contributed by atoms with Crippen LogP contribution in [0.3, 0.4) is 0 Å². The summed E-state index contributed by atoms with van der Waals surface area (Å²) in [6.45, 7) is 6.98. The van der Waals surface area contributed by atoms with E-state index in [2.05, 4.69) is 16.3 Å². The van der Waals surface area contributed by atoms with Crippen LogP contribution in [0.4, 0.5) is 5.69 Å². The van der Waals surface area contributed by atoms with Gasteiger partial charge in [-0.25, -0.2) is 4.98 Å². The molecule has 0 saturated carbocycles. The summed E-state index contributed by atoms with van der Waals surface area (Å²) < 4.78 is 2.77. The quantitative estimate of drug-likeness (QED) is 0.241. The van der Waals surface area contributed by atoms with Gasteiger partial charge in [0.05, 0.1) is 15.7 Å². The molecular weight excluding hydrogens is 604 g/mol. The number of rotatable bonds is 9. The zero-order chi connectivity index (χ0) is 25.7. The number of hydrogen-bond acceptors (Lipinski definition) is 7. The summed E-state index contributed by atoms with van der Waals surface area (Å²) in [5.41, 5.74) is 9.97. The van der Waals surface area contributed by atoms with Gasteiger partial charge in [-0.1, -0.05) is 41.4 Å². The monoisotopic (exact) mass is 635 g/mol. The summed E-state index contributed by atoms with van der Waals surface area (Å²) in [4.78, 5) is 19.8. The fourth-order valence-corrected chi connectivity index (χ4v) is 6.41. The molecule has 1 aliphatic heterocycles. The minimum atomic E-state index is 0. The molecule has 1 saturated heterocycles. The average Bonchev–Trinajstić information content (AvgIpc) is 3.33. The second-order valence-corrected chi connectivity index (χ2v) is 12.0. The lowest BCUT2D eigenvalue weighted by Gasteiger charge is -2.37. The minimum Gasteiger partial charge on any atom is -0.383 e. The van der Waals surface area contributed by atoms with Crippen LogP contribution in [0.15, 0.2) is 52.2 Å². The standard InChI is InChI=1S/C26H31Cl2N5OS2.2ClH/c1-17(29)14-30-21-5-3-4-20(13-21)25-16-35-26(31-25)36-33(18(2)34)22-8-10-32(11-9-22)15-19-6-7-23(27)24(28)12-19;;/h3-7,12-13,16-17,22,30H,8-11,14-15,29H2,1-2H3;2*1H/t17-;;/m0../s1. The van der Waals surface area contributed by atoms with E-state index in [1.54, 1.807) is 18.3 Å². The molecule has 4 rings (SSSR count). The summed E-state index contributed by atoms with van der Waals surface area (Å²) in [7, 11) is 0. The van der Waals surface area contributed by atoms with Crippen molar-refractivity contribution >= 4 is 82.9 Å². The Labute approximate surface area is 255 Å². The fourth-order valence-electron chi connectivity index (χ4n) is 4.19. The molecule has 0 aliphatic carbocycles. The molecule has 3 N–H and O–H groups in total. The zero-order valence-electron chi connectivity index (χ0n) is 21.2. The Morgan fingerprint density at radius 2 is 1.95 bits per heavy atom. The molecule has 0 spiro atoms. The van der Waals surface area contributed by atoms with E-state index < -0.39 is 0 Å². The maximum Gasteiger partial charge on any atom is 0.229 e. The number of anilines is 1. The highest BCUT2D eigenvalue weighted by atomic mass is 35.5. The average molecular weight is 638 g/mol. The van der Waals surface area contributed by atoms with Gasteiger partial charge in [0.25, 0.3) is 0 Å². The molecule has 1 aliphatic rings. The molecule has 1 fully saturated rings. The van der Waals surface area contributed by atoms with E-state index in [1.165, 1.54) is 11.9 Å². The Morgan fingerprint density at radius 1 is 1.21 bits per heavy atom. The molecule has 1 aromatic heterocycles. The van der Waals surface area contributed by atoms with Crippen molar-refractivity contribution in [2.24, 2.45) is 5.73 Å². The van der Waals surface area contributed by atoms with Crippen molar-refractivity contribution in [2.75, 3.05) is 25.0 Å². The molecule has 0 unspecified atom stereocenters. The molecule has 0 radical (unpaired) electrons. The van der Waals surface area contributed by atoms with Crippen LogP contribution in [0.5, 0.6) is 0 Å². The second kappa shape index (κ2) is 15.5. The van der Waals surface area contributed by atoms with Crippen LogP contribution in [-0.4, -0.2) is 51.8 Å². The van der Waals surface area contributed by atoms with E-state index in [0.29, 0.717) is 16.6 Å². The van der Waals surface area contributed by atoms with Gasteiger partial charge in [-0.2, -0.15) is 0 Å². The van der Waals surface area contributed by atoms with E-state index in [0.717, 1.165) is 59.3 Å². The number of carbonyl (C=O) groups excluding carboxylic acids is 1. The molecule has 2 heterocycles. The molecule has 0 bridgehead atoms. The van der Waals surface area contributed by atoms with Gasteiger partial charge >= 0.3 is 0 Å². The maximum atomic E-state index is 12.6. The van der Waals surface area contributed by atoms with Gasteiger partial charge in [0.2, 0.25) is 5.91 Å². The number of benzene rings is 2. The van der Waals surface area contributed by atoms with Crippen molar-refractivity contribution in [1.82, 2.24) is 14.2 Å². The molecule has 6 nitrogen and oxygen atoms in total. The molecule has 3 aromatic rings. The summed E-state index contributed by atoms with van der Waals surface area (Å²) in [5, 5.41) is 6.55. The summed E-state index contributed by atoms with van der Waals surface area (Å²) >= 11 is 15.2. The van der Waals surface area contributed by atoms with Gasteiger partial charge in [0.15, 0.2) is 4.34 Å². The topological polar surface area (TPSA) is 74.5 Å². The molecule has 12 heteroatoms. The van der Waals surface area contributed by atoms with Gasteiger partial charge in [-0.05, 0) is 49.6 Å². The Kier molecular flexibility index (Phi) is 13.5. The van der Waals surface area contributed by atoms with E-state index in [-0.39, 0.29) is 42.8 Å². The third kappa shape index (κ3) is 9.17. The third-order valence-electron chi connectivity index (χ3n) is 6.04. The SMILES string of the molecule is CC(=O)N(Sc1nc(-c2cccc(NC[C@H](C)N)c2)cs1)C1CCN(Cc2ccc(Cl)c(Cl)c2)CC1.Cl.Cl. The molecule has 1 atom stereocenters. The number of halogens is 4. The first kappa shape index (κ1) is 33.0. The zero-order valence-corrected chi connectivity index (χ0v) is 26.0. The number of nitrogens with one attached hydrogen (secondary N) is 1. The van der Waals surface area contributed by atoms with Crippen LogP contribution in [-0.2, 0) is 11.3 Å². The minimum absolute atomic E-state index is 0. The molecule has 1 amide bonds. The van der Waals surface area contributed by atoms with Crippen LogP contribution >= 0.6 is 71.3 Å². The van der Waals surface area contributed by atoms with Gasteiger partial charge in [0.1, 0.15) is 0 Å². The van der Waals surface area contributed by atoms with Crippen LogP contribution in [0, 0.1) is 0 Å². The number of nitrogens with zero attached hydrogens (tertiary/aromatic N) is 3. The van der Waals surface area contributed by atoms with Gasteiger partial charge in [-0.3, -0.25) is 14.0 Å². The number of nitrogens with two attached hydrogens (primary N) is 1. The number of likely N-dealkylation sites (tertiary alicyclic amines) is 1. The molecule has 38 heavy (non-hydrogen) atoms. The van der Waals surface area contributed by atoms with Gasteiger partial charge in [-0.15, -0.1) is 36.2 Å². The summed E-state index contributed by atoms with van der Waals surface area (Å²) in [6, 6.07) is 14.2. The number of carbonyl (C=O) groups is 1. The first-order chi connectivity index (χ1) is 17.3. The van der Waals surface area contributed by atoms with Crippen molar-refractivity contribution in [1.29, 1.82) is 0 Å². The normalized spacial score (nSPS) is 14.8. The van der Waals surface area contributed by atoms with Crippen molar-refractivity contribution in [3.05, 3.63) is 63.5 Å². The lowest BCUT2D eigenvalue weighted by Crippen LogP contribution is -2.43. The van der Waals surface area contributed by atoms with Crippen LogP contribution in [0.25, 0.3) is 11.3 Å². The van der Waals surface area contributed by atoms with Gasteiger partial charge in [0, 0.05) is 73.8 Å². The van der Waals surface area contributed by atoms with E-state index in [4.69, 9.17) is 33.9 Å². The molecule has 2 aromatic carbocycles. The highest BCUT2D eigenvalue weighted by molar-refractivity contribution is 7.99. The predicted octanol–water partition coefficient (Wildman–Crippen LogP) is 7.24. The first-order valence-electron chi connectivity index (χ1n) is 12.0. The van der Waals surface area contributed by atoms with E-state index in [1.807, 2.05) is 53.0 Å². The molecule has 208 valence electrons. The Balaban J connectivity index is 0.00000253. The van der Waals surface area contributed by atoms with Crippen molar-refractivity contribution in [3.8, 4) is 11.3 Å². The van der Waals surface area contributed by atoms with Crippen LogP contribution in [0.1, 0.15) is 32.3 Å². The van der Waals surface area contributed by atoms with E-state index in [9.17, 15) is 4.79 Å². The molecular formula is C26H33Cl4N5OS2. The highest BCUT2D eigenvalue weighted by Crippen LogP contribution is 2.34. The van der Waals surface area contributed by atoms with Crippen LogP contribution < -0.4 is 11.1 Å². The van der Waals surface area contributed by atoms with Crippen LogP contribution in [0.2, 0.25) is 10.0 Å². The number of thiazole rings is 1. The van der Waals surface area contributed by atoms with Crippen molar-refractivity contribution in [3.63, 3.8) is 0 Å². The Bertz CT molecular complexity index is 1190. The largest absolute Gasteiger partial charge is 0.383 e. The lowest BCUT2D eigenvalue weighted by atomic mass is 10.0. The third-order valence-corrected chi connectivity index (χ3v) is 8.92. The van der Waals surface area contributed by atoms with Crippen molar-refractivity contribution in [2.45, 2.75) is 49.7 Å². The van der Waals surface area contributed by atoms with Crippen molar-refractivity contribution < 1.29 is 4.79 Å². The van der Waals surface area contributed by atoms with Gasteiger partial charge < -0.3 is 11.1 Å². The number of piperidine rings is 1. The maximum absolute atomic E-state index is 12.6. The highest BCUT2D eigenvalue weighted by Gasteiger charge is 2.28. The Hall–Kier alpha value is -1.23. The Morgan fingerprint density at radius 3 is 2.61 bits per heavy atom. The predicted molar refractivity (Wildman–Crippen MR) is 167 cm³/mol. The number of aromatic nitrogens is 1. The smallest absolute Gasteiger partial charge is 0.229 e. The summed E-state index contributed by atoms with van der Waals surface area (Å²) in [6.07, 6.45) is 1.83. The number of amides is 1. The first-order valence-corrected chi connectivity index (χ1v) is 14.4. The second-order valence-electron chi connectivity index (χ2n) is 9.13. The number of hydrogen-bond donors (Lipinski definition) is 2. The summed E-state index contributed by atoms with van der Waals surface area (Å²) in [5.74, 6) is 0.0572. The lowest BCUT2D eigenvalue weighted by molar-refractivity contribution is -0.125. The van der Waals surface area contributed by atoms with E-state index >= 15 is 0 Å². The fraction of sp³-hybridized carbons (Fsp3) is 0.385.